The molecule has 2 amide bonds. The Morgan fingerprint density at radius 3 is 2.66 bits per heavy atom. The van der Waals surface area contributed by atoms with Crippen LogP contribution in [0.25, 0.3) is 21.9 Å². The van der Waals surface area contributed by atoms with Crippen molar-refractivity contribution in [3.8, 4) is 27.6 Å². The Morgan fingerprint density at radius 1 is 1.09 bits per heavy atom. The van der Waals surface area contributed by atoms with Gasteiger partial charge in [0.05, 0.1) is 47.1 Å². The van der Waals surface area contributed by atoms with Gasteiger partial charge >= 0.3 is 0 Å². The van der Waals surface area contributed by atoms with Gasteiger partial charge in [-0.1, -0.05) is 31.2 Å². The molecular formula is C36H34FN5O4S. The van der Waals surface area contributed by atoms with Crippen LogP contribution in [0, 0.1) is 12.7 Å². The number of amides is 2. The van der Waals surface area contributed by atoms with E-state index in [2.05, 4.69) is 15.5 Å². The Kier molecular flexibility index (Phi) is 8.31. The lowest BCUT2D eigenvalue weighted by atomic mass is 9.94. The number of hydrogen-bond donors (Lipinski definition) is 1. The average Bonchev–Trinajstić information content (AvgIpc) is 3.88. The van der Waals surface area contributed by atoms with E-state index >= 15 is 0 Å². The maximum atomic E-state index is 13.9. The molecule has 1 unspecified atom stereocenters. The molecule has 4 heterocycles. The predicted octanol–water partition coefficient (Wildman–Crippen LogP) is 6.88. The summed E-state index contributed by atoms with van der Waals surface area (Å²) in [6.45, 7) is 4.74. The highest BCUT2D eigenvalue weighted by molar-refractivity contribution is 7.17. The third-order valence-electron chi connectivity index (χ3n) is 8.82. The molecule has 3 aromatic heterocycles. The van der Waals surface area contributed by atoms with Crippen molar-refractivity contribution in [2.24, 2.45) is 0 Å². The largest absolute Gasteiger partial charge is 0.496 e. The van der Waals surface area contributed by atoms with E-state index in [1.165, 1.54) is 23.5 Å². The third kappa shape index (κ3) is 5.80. The first-order chi connectivity index (χ1) is 22.8. The molecule has 7 rings (SSSR count). The number of rotatable bonds is 10. The Morgan fingerprint density at radius 2 is 1.91 bits per heavy atom. The number of ether oxygens (including phenoxy) is 1. The number of halogens is 1. The monoisotopic (exact) mass is 651 g/mol. The standard InChI is InChI=1S/C36H34FN5O4S/c1-4-18-42-19-27-32(36(42)44)33(31(35-41-40-20(2)46-35)26(38-27)14-10-21-8-11-22(37)12-9-21)29-16-17-30(47-29)34(43)39-25-15-13-24-23(25)6-5-7-28(24)45-3/h5-9,11-12,16-17,25H,4,10,13-15,18-19H2,1-3H3,(H,39,43). The van der Waals surface area contributed by atoms with Gasteiger partial charge in [0.15, 0.2) is 0 Å². The smallest absolute Gasteiger partial charge is 0.261 e. The molecule has 47 heavy (non-hydrogen) atoms. The van der Waals surface area contributed by atoms with E-state index in [1.807, 2.05) is 31.2 Å². The van der Waals surface area contributed by atoms with Crippen molar-refractivity contribution in [3.05, 3.63) is 105 Å². The minimum Gasteiger partial charge on any atom is -0.496 e. The van der Waals surface area contributed by atoms with Crippen molar-refractivity contribution in [1.29, 1.82) is 0 Å². The van der Waals surface area contributed by atoms with Crippen LogP contribution in [0.4, 0.5) is 4.39 Å². The summed E-state index contributed by atoms with van der Waals surface area (Å²) in [5.41, 5.74) is 6.27. The van der Waals surface area contributed by atoms with Crippen molar-refractivity contribution in [1.82, 2.24) is 25.4 Å². The zero-order valence-corrected chi connectivity index (χ0v) is 27.2. The summed E-state index contributed by atoms with van der Waals surface area (Å²) in [4.78, 5) is 35.7. The molecule has 2 aromatic carbocycles. The maximum Gasteiger partial charge on any atom is 0.261 e. The van der Waals surface area contributed by atoms with E-state index in [0.29, 0.717) is 64.8 Å². The number of aromatic nitrogens is 3. The van der Waals surface area contributed by atoms with Gasteiger partial charge in [-0.2, -0.15) is 0 Å². The number of nitrogens with one attached hydrogen (secondary N) is 1. The number of fused-ring (bicyclic) bond motifs is 2. The summed E-state index contributed by atoms with van der Waals surface area (Å²) in [7, 11) is 1.66. The van der Waals surface area contributed by atoms with Gasteiger partial charge in [-0.15, -0.1) is 21.5 Å². The summed E-state index contributed by atoms with van der Waals surface area (Å²) in [5.74, 6) is 0.901. The SMILES string of the molecule is CCCN1Cc2nc(CCc3ccc(F)cc3)c(-c3nnc(C)o3)c(-c3ccc(C(=O)NC4CCc5c(OC)cccc54)s3)c2C1=O. The van der Waals surface area contributed by atoms with Gasteiger partial charge in [-0.3, -0.25) is 14.6 Å². The fraction of sp³-hybridized carbons (Fsp3) is 0.306. The number of carbonyl (C=O) groups excluding carboxylic acids is 2. The number of hydrogen-bond acceptors (Lipinski definition) is 8. The van der Waals surface area contributed by atoms with Gasteiger partial charge in [-0.25, -0.2) is 4.39 Å². The molecule has 0 saturated heterocycles. The predicted molar refractivity (Wildman–Crippen MR) is 176 cm³/mol. The molecule has 0 spiro atoms. The molecule has 0 radical (unpaired) electrons. The van der Waals surface area contributed by atoms with Gasteiger partial charge in [-0.05, 0) is 79.1 Å². The molecule has 5 aromatic rings. The number of pyridine rings is 1. The molecule has 1 N–H and O–H groups in total. The van der Waals surface area contributed by atoms with Crippen molar-refractivity contribution in [3.63, 3.8) is 0 Å². The summed E-state index contributed by atoms with van der Waals surface area (Å²) >= 11 is 1.32. The molecule has 1 atom stereocenters. The van der Waals surface area contributed by atoms with Crippen molar-refractivity contribution in [2.45, 2.75) is 58.5 Å². The van der Waals surface area contributed by atoms with Crippen molar-refractivity contribution in [2.75, 3.05) is 13.7 Å². The highest BCUT2D eigenvalue weighted by atomic mass is 32.1. The van der Waals surface area contributed by atoms with E-state index in [4.69, 9.17) is 14.1 Å². The average molecular weight is 652 g/mol. The minimum atomic E-state index is -0.294. The second-order valence-electron chi connectivity index (χ2n) is 11.9. The number of thiophene rings is 1. The van der Waals surface area contributed by atoms with E-state index in [9.17, 15) is 14.0 Å². The Balaban J connectivity index is 1.29. The van der Waals surface area contributed by atoms with Crippen LogP contribution in [0.5, 0.6) is 5.75 Å². The zero-order chi connectivity index (χ0) is 32.7. The molecule has 0 saturated carbocycles. The summed E-state index contributed by atoms with van der Waals surface area (Å²) < 4.78 is 25.1. The second kappa shape index (κ2) is 12.7. The molecule has 9 nitrogen and oxygen atoms in total. The fourth-order valence-corrected chi connectivity index (χ4v) is 7.62. The normalized spacial score (nSPS) is 15.2. The second-order valence-corrected chi connectivity index (χ2v) is 13.0. The van der Waals surface area contributed by atoms with Crippen LogP contribution >= 0.6 is 11.3 Å². The topological polar surface area (TPSA) is 110 Å². The summed E-state index contributed by atoms with van der Waals surface area (Å²) in [5, 5.41) is 11.7. The van der Waals surface area contributed by atoms with E-state index in [-0.39, 0.29) is 29.6 Å². The van der Waals surface area contributed by atoms with Crippen LogP contribution in [-0.2, 0) is 25.8 Å². The number of benzene rings is 2. The number of aryl methyl sites for hydroxylation is 3. The first kappa shape index (κ1) is 30.7. The maximum absolute atomic E-state index is 13.9. The van der Waals surface area contributed by atoms with Gasteiger partial charge < -0.3 is 19.4 Å². The van der Waals surface area contributed by atoms with Crippen LogP contribution in [0.1, 0.15) is 79.8 Å². The highest BCUT2D eigenvalue weighted by Gasteiger charge is 2.36. The molecular weight excluding hydrogens is 617 g/mol. The summed E-state index contributed by atoms with van der Waals surface area (Å²) in [6.07, 6.45) is 3.50. The first-order valence-corrected chi connectivity index (χ1v) is 16.6. The number of nitrogens with zero attached hydrogens (tertiary/aromatic N) is 4. The number of methoxy groups -OCH3 is 1. The van der Waals surface area contributed by atoms with E-state index in [0.717, 1.165) is 46.6 Å². The van der Waals surface area contributed by atoms with E-state index < -0.39 is 0 Å². The third-order valence-corrected chi connectivity index (χ3v) is 9.92. The van der Waals surface area contributed by atoms with Gasteiger partial charge in [0.25, 0.3) is 11.8 Å². The van der Waals surface area contributed by atoms with Crippen LogP contribution in [0.3, 0.4) is 0 Å². The van der Waals surface area contributed by atoms with Crippen LogP contribution in [0.15, 0.2) is 59.0 Å². The fourth-order valence-electron chi connectivity index (χ4n) is 6.65. The Hall–Kier alpha value is -4.90. The van der Waals surface area contributed by atoms with Crippen molar-refractivity contribution < 1.29 is 23.1 Å². The van der Waals surface area contributed by atoms with Gasteiger partial charge in [0.1, 0.15) is 11.6 Å². The molecule has 2 aliphatic rings. The zero-order valence-electron chi connectivity index (χ0n) is 26.4. The van der Waals surface area contributed by atoms with E-state index in [1.54, 1.807) is 37.1 Å². The molecule has 11 heteroatoms. The Labute approximate surface area is 275 Å². The summed E-state index contributed by atoms with van der Waals surface area (Å²) in [6, 6.07) is 15.9. The van der Waals surface area contributed by atoms with Gasteiger partial charge in [0.2, 0.25) is 11.8 Å². The lowest BCUT2D eigenvalue weighted by molar-refractivity contribution is 0.0778. The van der Waals surface area contributed by atoms with Crippen LogP contribution < -0.4 is 10.1 Å². The molecule has 0 bridgehead atoms. The highest BCUT2D eigenvalue weighted by Crippen LogP contribution is 2.44. The minimum absolute atomic E-state index is 0.108. The molecule has 240 valence electrons. The number of carbonyl (C=O) groups is 2. The molecule has 1 aliphatic heterocycles. The Bertz CT molecular complexity index is 1990. The quantitative estimate of drug-likeness (QED) is 0.175. The van der Waals surface area contributed by atoms with Gasteiger partial charge in [0, 0.05) is 23.9 Å². The first-order valence-electron chi connectivity index (χ1n) is 15.8. The van der Waals surface area contributed by atoms with Crippen LogP contribution in [-0.4, -0.2) is 45.6 Å². The lowest BCUT2D eigenvalue weighted by Crippen LogP contribution is -2.26. The van der Waals surface area contributed by atoms with Crippen molar-refractivity contribution >= 4 is 23.2 Å². The van der Waals surface area contributed by atoms with Crippen LogP contribution in [0.2, 0.25) is 0 Å². The molecule has 0 fully saturated rings. The molecule has 1 aliphatic carbocycles. The lowest BCUT2D eigenvalue weighted by Gasteiger charge is -2.15.